The van der Waals surface area contributed by atoms with Crippen molar-refractivity contribution in [3.05, 3.63) is 87.4 Å². The first kappa shape index (κ1) is 21.2. The van der Waals surface area contributed by atoms with Crippen molar-refractivity contribution in [1.82, 2.24) is 0 Å². The Morgan fingerprint density at radius 2 is 1.38 bits per heavy atom. The van der Waals surface area contributed by atoms with Crippen molar-refractivity contribution in [3.8, 4) is 5.75 Å². The van der Waals surface area contributed by atoms with Crippen LogP contribution in [0.15, 0.2) is 70.0 Å². The van der Waals surface area contributed by atoms with Gasteiger partial charge in [-0.3, -0.25) is 0 Å². The van der Waals surface area contributed by atoms with Crippen LogP contribution in [0.2, 0.25) is 10.0 Å². The number of phenolic OH excluding ortho intramolecular Hbond substituents is 1. The lowest BCUT2D eigenvalue weighted by Gasteiger charge is -2.17. The van der Waals surface area contributed by atoms with Gasteiger partial charge in [-0.2, -0.15) is 8.42 Å². The third-order valence-electron chi connectivity index (χ3n) is 4.35. The van der Waals surface area contributed by atoms with Gasteiger partial charge >= 0.3 is 0 Å². The molecule has 0 unspecified atom stereocenters. The van der Waals surface area contributed by atoms with Gasteiger partial charge < -0.3 is 10.4 Å². The molecule has 0 radical (unpaired) electrons. The summed E-state index contributed by atoms with van der Waals surface area (Å²) in [4.78, 5) is 0.0606. The number of nitrogens with one attached hydrogen (secondary N) is 1. The molecule has 3 rings (SSSR count). The molecule has 3 aromatic rings. The molecule has 0 spiro atoms. The summed E-state index contributed by atoms with van der Waals surface area (Å²) in [7, 11) is -3.99. The molecule has 0 bridgehead atoms. The van der Waals surface area contributed by atoms with Crippen LogP contribution in [0, 0.1) is 13.8 Å². The summed E-state index contributed by atoms with van der Waals surface area (Å²) >= 11 is 12.8. The third kappa shape index (κ3) is 4.40. The Kier molecular flexibility index (Phi) is 6.17. The smallest absolute Gasteiger partial charge is 0.284 e. The van der Waals surface area contributed by atoms with E-state index in [9.17, 15) is 13.5 Å². The monoisotopic (exact) mass is 448 g/mol. The fourth-order valence-electron chi connectivity index (χ4n) is 2.70. The second kappa shape index (κ2) is 8.45. The highest BCUT2D eigenvalue weighted by Gasteiger charge is 2.21. The average Bonchev–Trinajstić information content (AvgIpc) is 2.74. The van der Waals surface area contributed by atoms with Gasteiger partial charge in [-0.15, -0.1) is 4.40 Å². The highest BCUT2D eigenvalue weighted by molar-refractivity contribution is 7.90. The summed E-state index contributed by atoms with van der Waals surface area (Å²) in [5, 5.41) is 13.5. The molecule has 0 aliphatic carbocycles. The molecule has 0 heterocycles. The van der Waals surface area contributed by atoms with Gasteiger partial charge in [0.1, 0.15) is 5.75 Å². The van der Waals surface area contributed by atoms with Crippen molar-refractivity contribution in [2.24, 2.45) is 4.40 Å². The maximum atomic E-state index is 12.8. The van der Waals surface area contributed by atoms with E-state index in [1.165, 1.54) is 12.1 Å². The molecule has 0 atom stereocenters. The number of phenols is 1. The Balaban J connectivity index is 2.18. The molecule has 0 amide bonds. The Labute approximate surface area is 179 Å². The Bertz CT molecular complexity index is 1150. The van der Waals surface area contributed by atoms with Crippen molar-refractivity contribution >= 4 is 44.7 Å². The van der Waals surface area contributed by atoms with E-state index < -0.39 is 10.0 Å². The summed E-state index contributed by atoms with van der Waals surface area (Å²) < 4.78 is 29.7. The van der Waals surface area contributed by atoms with Crippen molar-refractivity contribution in [1.29, 1.82) is 0 Å². The number of rotatable bonds is 4. The van der Waals surface area contributed by atoms with Crippen LogP contribution in [-0.2, 0) is 10.0 Å². The molecule has 0 fully saturated rings. The molecule has 150 valence electrons. The number of aromatic hydroxyl groups is 1. The fraction of sp³-hybridized carbons (Fsp3) is 0.0952. The summed E-state index contributed by atoms with van der Waals surface area (Å²) in [6.07, 6.45) is 0. The number of anilines is 1. The molecule has 0 saturated heterocycles. The van der Waals surface area contributed by atoms with Crippen LogP contribution in [0.4, 0.5) is 5.69 Å². The van der Waals surface area contributed by atoms with Gasteiger partial charge in [0.2, 0.25) is 0 Å². The number of hydrogen-bond donors (Lipinski definition) is 2. The van der Waals surface area contributed by atoms with Crippen LogP contribution < -0.4 is 5.32 Å². The largest absolute Gasteiger partial charge is 0.507 e. The number of hydrogen-bond acceptors (Lipinski definition) is 3. The number of amidine groups is 1. The molecular weight excluding hydrogens is 431 g/mol. The van der Waals surface area contributed by atoms with Crippen molar-refractivity contribution in [2.75, 3.05) is 5.32 Å². The topological polar surface area (TPSA) is 78.8 Å². The first-order valence-electron chi connectivity index (χ1n) is 8.62. The SMILES string of the molecule is Cc1c(O)c(C)c(Cl)c(NC(=NS(=O)(=O)c2ccccc2)c2ccccc2)c1Cl. The van der Waals surface area contributed by atoms with E-state index in [1.54, 1.807) is 56.3 Å². The Morgan fingerprint density at radius 1 is 0.897 bits per heavy atom. The maximum absolute atomic E-state index is 12.8. The molecule has 0 aromatic heterocycles. The quantitative estimate of drug-likeness (QED) is 0.310. The first-order chi connectivity index (χ1) is 13.7. The number of benzene rings is 3. The van der Waals surface area contributed by atoms with E-state index >= 15 is 0 Å². The van der Waals surface area contributed by atoms with Crippen molar-refractivity contribution in [3.63, 3.8) is 0 Å². The summed E-state index contributed by atoms with van der Waals surface area (Å²) in [6, 6.07) is 16.7. The normalized spacial score (nSPS) is 12.1. The highest BCUT2D eigenvalue weighted by atomic mass is 35.5. The van der Waals surface area contributed by atoms with Gasteiger partial charge in [-0.25, -0.2) is 0 Å². The standard InChI is InChI=1S/C21H18Cl2N2O3S/c1-13-17(22)19(18(23)14(2)20(13)26)24-21(15-9-5-3-6-10-15)25-29(27,28)16-11-7-4-8-12-16/h3-12,26H,1-2H3,(H,24,25). The third-order valence-corrected chi connectivity index (χ3v) is 6.59. The molecular formula is C21H18Cl2N2O3S. The van der Waals surface area contributed by atoms with Gasteiger partial charge in [0, 0.05) is 16.7 Å². The van der Waals surface area contributed by atoms with Gasteiger partial charge in [-0.05, 0) is 26.0 Å². The minimum Gasteiger partial charge on any atom is -0.507 e. The molecule has 0 aliphatic heterocycles. The molecule has 0 aliphatic rings. The number of sulfonamides is 1. The van der Waals surface area contributed by atoms with Crippen molar-refractivity contribution in [2.45, 2.75) is 18.7 Å². The van der Waals surface area contributed by atoms with E-state index in [4.69, 9.17) is 23.2 Å². The van der Waals surface area contributed by atoms with Crippen molar-refractivity contribution < 1.29 is 13.5 Å². The minimum atomic E-state index is -3.99. The highest BCUT2D eigenvalue weighted by Crippen LogP contribution is 2.42. The Morgan fingerprint density at radius 3 is 1.90 bits per heavy atom. The van der Waals surface area contributed by atoms with Crippen LogP contribution in [-0.4, -0.2) is 19.4 Å². The number of nitrogens with zero attached hydrogens (tertiary/aromatic N) is 1. The van der Waals surface area contributed by atoms with E-state index in [1.807, 2.05) is 6.07 Å². The van der Waals surface area contributed by atoms with Gasteiger partial charge in [0.05, 0.1) is 20.6 Å². The van der Waals surface area contributed by atoms with Crippen LogP contribution >= 0.6 is 23.2 Å². The molecule has 5 nitrogen and oxygen atoms in total. The summed E-state index contributed by atoms with van der Waals surface area (Å²) in [6.45, 7) is 3.29. The van der Waals surface area contributed by atoms with E-state index in [2.05, 4.69) is 9.71 Å². The molecule has 3 aromatic carbocycles. The molecule has 0 saturated carbocycles. The van der Waals surface area contributed by atoms with Crippen LogP contribution in [0.5, 0.6) is 5.75 Å². The number of halogens is 2. The van der Waals surface area contributed by atoms with Crippen LogP contribution in [0.1, 0.15) is 16.7 Å². The Hall–Kier alpha value is -2.54. The van der Waals surface area contributed by atoms with E-state index in [0.717, 1.165) is 0 Å². The van der Waals surface area contributed by atoms with Crippen LogP contribution in [0.25, 0.3) is 0 Å². The summed E-state index contributed by atoms with van der Waals surface area (Å²) in [5.74, 6) is 0.0448. The maximum Gasteiger partial charge on any atom is 0.284 e. The lowest BCUT2D eigenvalue weighted by molar-refractivity contribution is 0.467. The second-order valence-corrected chi connectivity index (χ2v) is 8.68. The minimum absolute atomic E-state index is 0.0133. The zero-order chi connectivity index (χ0) is 21.2. The predicted molar refractivity (Wildman–Crippen MR) is 118 cm³/mol. The summed E-state index contributed by atoms with van der Waals surface area (Å²) in [5.41, 5.74) is 1.65. The zero-order valence-electron chi connectivity index (χ0n) is 15.6. The van der Waals surface area contributed by atoms with E-state index in [-0.39, 0.29) is 32.2 Å². The predicted octanol–water partition coefficient (Wildman–Crippen LogP) is 5.56. The fourth-order valence-corrected chi connectivity index (χ4v) is 4.21. The lowest BCUT2D eigenvalue weighted by atomic mass is 10.1. The first-order valence-corrected chi connectivity index (χ1v) is 10.8. The van der Waals surface area contributed by atoms with Gasteiger partial charge in [0.25, 0.3) is 10.0 Å². The second-order valence-electron chi connectivity index (χ2n) is 6.32. The van der Waals surface area contributed by atoms with Gasteiger partial charge in [0.15, 0.2) is 5.84 Å². The van der Waals surface area contributed by atoms with E-state index in [0.29, 0.717) is 16.7 Å². The lowest BCUT2D eigenvalue weighted by Crippen LogP contribution is -2.17. The molecule has 8 heteroatoms. The molecule has 2 N–H and O–H groups in total. The van der Waals surface area contributed by atoms with Gasteiger partial charge in [-0.1, -0.05) is 71.7 Å². The zero-order valence-corrected chi connectivity index (χ0v) is 18.0. The van der Waals surface area contributed by atoms with Crippen LogP contribution in [0.3, 0.4) is 0 Å². The molecule has 29 heavy (non-hydrogen) atoms. The average molecular weight is 449 g/mol.